The lowest BCUT2D eigenvalue weighted by atomic mass is 9.53. The highest BCUT2D eigenvalue weighted by Gasteiger charge is 2.59. The number of aliphatic imine (C=N–C) groups is 2. The third-order valence-electron chi connectivity index (χ3n) is 11.7. The van der Waals surface area contributed by atoms with E-state index >= 15 is 0 Å². The molecule has 0 saturated carbocycles. The van der Waals surface area contributed by atoms with Gasteiger partial charge in [0, 0.05) is 16.7 Å². The Balaban J connectivity index is 1.29. The Kier molecular flexibility index (Phi) is 9.55. The van der Waals surface area contributed by atoms with Gasteiger partial charge in [-0.1, -0.05) is 212 Å². The number of nitrogens with zero attached hydrogens (tertiary/aromatic N) is 2. The summed E-state index contributed by atoms with van der Waals surface area (Å²) in [6, 6.07) is 68.0. The third-order valence-corrected chi connectivity index (χ3v) is 11.7. The number of hydrogen-bond donors (Lipinski definition) is 0. The normalized spacial score (nSPS) is 17.2. The fourth-order valence-electron chi connectivity index (χ4n) is 9.22. The maximum absolute atomic E-state index is 5.29. The molecule has 7 aromatic rings. The van der Waals surface area contributed by atoms with Crippen LogP contribution < -0.4 is 0 Å². The lowest BCUT2D eigenvalue weighted by molar-refractivity contribution is 0.285. The molecule has 2 heteroatoms. The van der Waals surface area contributed by atoms with Crippen LogP contribution in [0.5, 0.6) is 0 Å². The van der Waals surface area contributed by atoms with Crippen molar-refractivity contribution in [2.75, 3.05) is 0 Å². The molecule has 7 aromatic carbocycles. The minimum absolute atomic E-state index is 0.256. The number of amidine groups is 1. The topological polar surface area (TPSA) is 24.7 Å². The first-order valence-corrected chi connectivity index (χ1v) is 19.6. The number of rotatable bonds is 8. The highest BCUT2D eigenvalue weighted by atomic mass is 14.9. The van der Waals surface area contributed by atoms with Gasteiger partial charge in [0.25, 0.3) is 0 Å². The van der Waals surface area contributed by atoms with Crippen LogP contribution in [-0.2, 0) is 18.4 Å². The molecule has 0 heterocycles. The van der Waals surface area contributed by atoms with E-state index in [9.17, 15) is 0 Å². The molecular formula is C54H44N2. The minimum Gasteiger partial charge on any atom is -0.261 e. The van der Waals surface area contributed by atoms with Crippen LogP contribution in [0.15, 0.2) is 222 Å². The van der Waals surface area contributed by atoms with Gasteiger partial charge < -0.3 is 0 Å². The zero-order chi connectivity index (χ0) is 37.8. The molecule has 0 fully saturated rings. The molecule has 270 valence electrons. The van der Waals surface area contributed by atoms with Crippen molar-refractivity contribution in [3.63, 3.8) is 0 Å². The highest BCUT2D eigenvalue weighted by Crippen LogP contribution is 2.65. The number of hydrogen-bond acceptors (Lipinski definition) is 1. The molecule has 1 spiro atoms. The highest BCUT2D eigenvalue weighted by molar-refractivity contribution is 6.11. The van der Waals surface area contributed by atoms with Crippen LogP contribution >= 0.6 is 0 Å². The first kappa shape index (κ1) is 35.1. The van der Waals surface area contributed by atoms with E-state index in [-0.39, 0.29) is 5.41 Å². The largest absolute Gasteiger partial charge is 0.261 e. The fourth-order valence-corrected chi connectivity index (χ4v) is 9.22. The summed E-state index contributed by atoms with van der Waals surface area (Å²) in [5.41, 5.74) is 13.7. The standard InChI is InChI=1S/C54H44N2/c1-40(42-21-7-2-8-22-42)56-52(45-27-13-5-14-28-45)55-39-41-33-34-46-38-53(35-19-6-20-36-53)54(51(46)37-41,49-31-17-15-29-47(49)43-23-9-3-10-24-43)50-32-18-16-30-48(50)44-25-11-4-12-26-44/h2-35,37H,36,38-39H2,1H3. The van der Waals surface area contributed by atoms with Gasteiger partial charge in [0.05, 0.1) is 12.0 Å². The number of fused-ring (bicyclic) bond motifs is 1. The monoisotopic (exact) mass is 720 g/mol. The van der Waals surface area contributed by atoms with Gasteiger partial charge >= 0.3 is 0 Å². The zero-order valence-corrected chi connectivity index (χ0v) is 31.7. The molecule has 0 aliphatic heterocycles. The Hall–Kier alpha value is -6.64. The van der Waals surface area contributed by atoms with Crippen LogP contribution in [0, 0.1) is 5.41 Å². The molecule has 0 bridgehead atoms. The van der Waals surface area contributed by atoms with E-state index in [1.807, 2.05) is 12.1 Å². The first-order chi connectivity index (χ1) is 27.7. The van der Waals surface area contributed by atoms with Crippen LogP contribution in [0.25, 0.3) is 22.3 Å². The molecule has 9 rings (SSSR count). The van der Waals surface area contributed by atoms with Gasteiger partial charge in [0.15, 0.2) is 5.84 Å². The lowest BCUT2D eigenvalue weighted by Crippen LogP contribution is -2.44. The summed E-state index contributed by atoms with van der Waals surface area (Å²) in [6.07, 6.45) is 11.2. The summed E-state index contributed by atoms with van der Waals surface area (Å²) in [6.45, 7) is 2.57. The maximum Gasteiger partial charge on any atom is 0.155 e. The molecular weight excluding hydrogens is 677 g/mol. The Labute approximate surface area is 331 Å². The van der Waals surface area contributed by atoms with Crippen molar-refractivity contribution in [2.24, 2.45) is 15.4 Å². The van der Waals surface area contributed by atoms with Crippen LogP contribution in [0.3, 0.4) is 0 Å². The molecule has 0 radical (unpaired) electrons. The van der Waals surface area contributed by atoms with Crippen molar-refractivity contribution in [1.82, 2.24) is 0 Å². The van der Waals surface area contributed by atoms with Crippen LogP contribution in [0.4, 0.5) is 0 Å². The molecule has 2 aliphatic carbocycles. The van der Waals surface area contributed by atoms with Gasteiger partial charge in [-0.2, -0.15) is 0 Å². The molecule has 0 amide bonds. The smallest absolute Gasteiger partial charge is 0.155 e. The van der Waals surface area contributed by atoms with E-state index in [1.165, 1.54) is 44.5 Å². The summed E-state index contributed by atoms with van der Waals surface area (Å²) < 4.78 is 0. The second-order valence-electron chi connectivity index (χ2n) is 15.0. The number of benzene rings is 7. The van der Waals surface area contributed by atoms with Crippen molar-refractivity contribution in [3.8, 4) is 22.3 Å². The lowest BCUT2D eigenvalue weighted by Gasteiger charge is -2.48. The molecule has 56 heavy (non-hydrogen) atoms. The van der Waals surface area contributed by atoms with E-state index in [2.05, 4.69) is 207 Å². The molecule has 2 aliphatic rings. The van der Waals surface area contributed by atoms with Crippen molar-refractivity contribution in [3.05, 3.63) is 251 Å². The van der Waals surface area contributed by atoms with Gasteiger partial charge in [0.1, 0.15) is 0 Å². The summed E-state index contributed by atoms with van der Waals surface area (Å²) in [5.74, 6) is 0.736. The predicted molar refractivity (Wildman–Crippen MR) is 234 cm³/mol. The quantitative estimate of drug-likeness (QED) is 0.110. The molecule has 1 unspecified atom stereocenters. The SMILES string of the molecule is CC(=NC(=NCc1ccc2c(c1)C(c1ccccc1-c1ccccc1)(c1ccccc1-c1ccccc1)C1(C=CC=CC1)C2)c1ccccc1)c1ccccc1. The van der Waals surface area contributed by atoms with Crippen LogP contribution in [-0.4, -0.2) is 11.5 Å². The summed E-state index contributed by atoms with van der Waals surface area (Å²) >= 11 is 0. The van der Waals surface area contributed by atoms with E-state index in [0.717, 1.165) is 41.1 Å². The predicted octanol–water partition coefficient (Wildman–Crippen LogP) is 12.9. The third kappa shape index (κ3) is 6.28. The van der Waals surface area contributed by atoms with E-state index in [4.69, 9.17) is 9.98 Å². The molecule has 0 aromatic heterocycles. The van der Waals surface area contributed by atoms with Gasteiger partial charge in [-0.25, -0.2) is 4.99 Å². The van der Waals surface area contributed by atoms with Gasteiger partial charge in [-0.3, -0.25) is 4.99 Å². The Morgan fingerprint density at radius 1 is 0.536 bits per heavy atom. The molecule has 2 nitrogen and oxygen atoms in total. The number of allylic oxidation sites excluding steroid dienone is 4. The van der Waals surface area contributed by atoms with Crippen LogP contribution in [0.1, 0.15) is 52.3 Å². The van der Waals surface area contributed by atoms with E-state index in [1.54, 1.807) is 0 Å². The van der Waals surface area contributed by atoms with E-state index < -0.39 is 5.41 Å². The Morgan fingerprint density at radius 2 is 1.07 bits per heavy atom. The van der Waals surface area contributed by atoms with Gasteiger partial charge in [-0.15, -0.1) is 0 Å². The second-order valence-corrected chi connectivity index (χ2v) is 15.0. The maximum atomic E-state index is 5.29. The average Bonchev–Trinajstić information content (AvgIpc) is 3.54. The second kappa shape index (κ2) is 15.2. The van der Waals surface area contributed by atoms with Crippen molar-refractivity contribution < 1.29 is 0 Å². The van der Waals surface area contributed by atoms with Crippen molar-refractivity contribution in [2.45, 2.75) is 31.7 Å². The summed E-state index contributed by atoms with van der Waals surface area (Å²) in [4.78, 5) is 10.4. The molecule has 0 saturated heterocycles. The minimum atomic E-state index is -0.535. The van der Waals surface area contributed by atoms with Crippen molar-refractivity contribution in [1.29, 1.82) is 0 Å². The fraction of sp³-hybridized carbons (Fsp3) is 0.111. The Morgan fingerprint density at radius 3 is 1.64 bits per heavy atom. The van der Waals surface area contributed by atoms with Crippen molar-refractivity contribution >= 4 is 11.5 Å². The molecule has 1 atom stereocenters. The van der Waals surface area contributed by atoms with Gasteiger partial charge in [0.2, 0.25) is 0 Å². The van der Waals surface area contributed by atoms with Gasteiger partial charge in [-0.05, 0) is 75.4 Å². The summed E-state index contributed by atoms with van der Waals surface area (Å²) in [5, 5.41) is 0. The first-order valence-electron chi connectivity index (χ1n) is 19.6. The average molecular weight is 721 g/mol. The van der Waals surface area contributed by atoms with Crippen LogP contribution in [0.2, 0.25) is 0 Å². The zero-order valence-electron chi connectivity index (χ0n) is 31.7. The van der Waals surface area contributed by atoms with E-state index in [0.29, 0.717) is 6.54 Å². The Bertz CT molecular complexity index is 2520. The summed E-state index contributed by atoms with van der Waals surface area (Å²) in [7, 11) is 0. The molecule has 0 N–H and O–H groups in total.